The lowest BCUT2D eigenvalue weighted by atomic mass is 9.80. The molecular weight excluding hydrogens is 274 g/mol. The number of rotatable bonds is 0. The second-order valence-electron chi connectivity index (χ2n) is 5.88. The Morgan fingerprint density at radius 1 is 1.25 bits per heavy atom. The highest BCUT2D eigenvalue weighted by molar-refractivity contribution is 6.29. The van der Waals surface area contributed by atoms with E-state index in [0.717, 1.165) is 29.6 Å². The number of amides is 1. The van der Waals surface area contributed by atoms with E-state index in [4.69, 9.17) is 11.6 Å². The monoisotopic (exact) mass is 289 g/mol. The normalized spacial score (nSPS) is 20.9. The Balaban J connectivity index is 2.01. The lowest BCUT2D eigenvalue weighted by Gasteiger charge is -2.42. The van der Waals surface area contributed by atoms with Gasteiger partial charge < -0.3 is 9.88 Å². The van der Waals surface area contributed by atoms with Crippen molar-refractivity contribution >= 4 is 28.5 Å². The summed E-state index contributed by atoms with van der Waals surface area (Å²) >= 11 is 6.06. The number of carbonyl (C=O) groups excluding carboxylic acids is 1. The van der Waals surface area contributed by atoms with E-state index in [9.17, 15) is 4.79 Å². The molecule has 5 heteroatoms. The van der Waals surface area contributed by atoms with Gasteiger partial charge in [-0.05, 0) is 31.0 Å². The quantitative estimate of drug-likeness (QED) is 0.758. The topological polar surface area (TPSA) is 46.9 Å². The maximum Gasteiger partial charge on any atom is 0.268 e. The van der Waals surface area contributed by atoms with Gasteiger partial charge in [0.15, 0.2) is 0 Å². The van der Waals surface area contributed by atoms with Crippen LogP contribution in [0.4, 0.5) is 0 Å². The first-order valence-electron chi connectivity index (χ1n) is 7.16. The molecule has 1 N–H and O–H groups in total. The summed E-state index contributed by atoms with van der Waals surface area (Å²) in [7, 11) is 0. The minimum Gasteiger partial charge on any atom is -0.348 e. The minimum atomic E-state index is -0.0130. The summed E-state index contributed by atoms with van der Waals surface area (Å²) in [5, 5.41) is 4.53. The summed E-state index contributed by atoms with van der Waals surface area (Å²) < 4.78 is 2.16. The number of halogens is 1. The molecule has 4 nitrogen and oxygen atoms in total. The van der Waals surface area contributed by atoms with Crippen molar-refractivity contribution in [2.45, 2.75) is 37.6 Å². The molecule has 2 aromatic rings. The molecule has 3 heterocycles. The third-order valence-corrected chi connectivity index (χ3v) is 4.90. The van der Waals surface area contributed by atoms with Gasteiger partial charge in [-0.3, -0.25) is 4.79 Å². The van der Waals surface area contributed by atoms with E-state index in [1.54, 1.807) is 6.07 Å². The molecule has 2 aromatic heterocycles. The second-order valence-corrected chi connectivity index (χ2v) is 6.27. The molecule has 1 spiro atoms. The fraction of sp³-hybridized carbons (Fsp3) is 0.467. The molecule has 4 rings (SSSR count). The number of fused-ring (bicyclic) bond motifs is 4. The molecule has 0 atom stereocenters. The Hall–Kier alpha value is -1.55. The van der Waals surface area contributed by atoms with E-state index < -0.39 is 0 Å². The van der Waals surface area contributed by atoms with Crippen LogP contribution in [0.15, 0.2) is 18.2 Å². The number of nitrogens with one attached hydrogen (secondary N) is 1. The van der Waals surface area contributed by atoms with E-state index >= 15 is 0 Å². The highest BCUT2D eigenvalue weighted by Gasteiger charge is 2.41. The molecule has 1 fully saturated rings. The summed E-state index contributed by atoms with van der Waals surface area (Å²) in [5.74, 6) is -0.00433. The molecule has 0 bridgehead atoms. The first kappa shape index (κ1) is 12.2. The van der Waals surface area contributed by atoms with E-state index in [2.05, 4.69) is 14.9 Å². The minimum absolute atomic E-state index is 0.00433. The number of pyridine rings is 1. The van der Waals surface area contributed by atoms with Crippen LogP contribution in [0.2, 0.25) is 5.15 Å². The van der Waals surface area contributed by atoms with E-state index in [1.807, 2.05) is 12.1 Å². The standard InChI is InChI=1S/C15H16ClN3O/c16-12-5-4-10-8-11-14(20)17-9-15(6-2-1-3-7-15)19(11)13(10)18-12/h4-5,8H,1-3,6-7,9H2,(H,17,20). The van der Waals surface area contributed by atoms with Gasteiger partial charge in [-0.15, -0.1) is 0 Å². The number of hydrogen-bond acceptors (Lipinski definition) is 2. The van der Waals surface area contributed by atoms with E-state index in [-0.39, 0.29) is 11.4 Å². The molecule has 2 aliphatic rings. The fourth-order valence-electron chi connectivity index (χ4n) is 3.73. The predicted molar refractivity (Wildman–Crippen MR) is 78.1 cm³/mol. The summed E-state index contributed by atoms with van der Waals surface area (Å²) in [5.41, 5.74) is 1.56. The first-order valence-corrected chi connectivity index (χ1v) is 7.54. The van der Waals surface area contributed by atoms with Crippen LogP contribution < -0.4 is 5.32 Å². The SMILES string of the molecule is O=C1NCC2(CCCCC2)n2c1cc1ccc(Cl)nc12. The van der Waals surface area contributed by atoms with Gasteiger partial charge in [0.05, 0.1) is 5.54 Å². The smallest absolute Gasteiger partial charge is 0.268 e. The van der Waals surface area contributed by atoms with Gasteiger partial charge in [-0.1, -0.05) is 30.9 Å². The first-order chi connectivity index (χ1) is 9.70. The summed E-state index contributed by atoms with van der Waals surface area (Å²) in [6.07, 6.45) is 5.88. The zero-order chi connectivity index (χ0) is 13.7. The highest BCUT2D eigenvalue weighted by Crippen LogP contribution is 2.40. The molecule has 104 valence electrons. The number of aromatic nitrogens is 2. The Kier molecular flexibility index (Phi) is 2.58. The zero-order valence-corrected chi connectivity index (χ0v) is 11.9. The summed E-state index contributed by atoms with van der Waals surface area (Å²) in [6.45, 7) is 0.705. The average Bonchev–Trinajstić information content (AvgIpc) is 2.85. The van der Waals surface area contributed by atoms with Crippen LogP contribution in [0.3, 0.4) is 0 Å². The summed E-state index contributed by atoms with van der Waals surface area (Å²) in [6, 6.07) is 5.66. The van der Waals surface area contributed by atoms with Gasteiger partial charge in [0, 0.05) is 11.9 Å². The van der Waals surface area contributed by atoms with Crippen molar-refractivity contribution in [3.05, 3.63) is 29.0 Å². The fourth-order valence-corrected chi connectivity index (χ4v) is 3.87. The van der Waals surface area contributed by atoms with E-state index in [0.29, 0.717) is 11.7 Å². The maximum absolute atomic E-state index is 12.2. The van der Waals surface area contributed by atoms with Crippen molar-refractivity contribution < 1.29 is 4.79 Å². The second kappa shape index (κ2) is 4.22. The third kappa shape index (κ3) is 1.61. The molecule has 0 saturated heterocycles. The predicted octanol–water partition coefficient (Wildman–Crippen LogP) is 3.09. The molecule has 1 saturated carbocycles. The molecule has 20 heavy (non-hydrogen) atoms. The number of hydrogen-bond donors (Lipinski definition) is 1. The molecule has 0 unspecified atom stereocenters. The van der Waals surface area contributed by atoms with E-state index in [1.165, 1.54) is 19.3 Å². The molecule has 0 aromatic carbocycles. The Bertz CT molecular complexity index is 700. The van der Waals surface area contributed by atoms with Gasteiger partial charge in [-0.25, -0.2) is 4.98 Å². The van der Waals surface area contributed by atoms with Crippen LogP contribution in [0.25, 0.3) is 11.0 Å². The lowest BCUT2D eigenvalue weighted by molar-refractivity contribution is 0.0833. The van der Waals surface area contributed by atoms with Crippen molar-refractivity contribution in [2.24, 2.45) is 0 Å². The Morgan fingerprint density at radius 3 is 2.85 bits per heavy atom. The molecular formula is C15H16ClN3O. The van der Waals surface area contributed by atoms with Gasteiger partial charge in [0.1, 0.15) is 16.5 Å². The number of carbonyl (C=O) groups is 1. The van der Waals surface area contributed by atoms with Crippen molar-refractivity contribution in [2.75, 3.05) is 6.54 Å². The van der Waals surface area contributed by atoms with Gasteiger partial charge in [0.2, 0.25) is 0 Å². The van der Waals surface area contributed by atoms with Crippen molar-refractivity contribution in [3.63, 3.8) is 0 Å². The van der Waals surface area contributed by atoms with Gasteiger partial charge in [0.25, 0.3) is 5.91 Å². The highest BCUT2D eigenvalue weighted by atomic mass is 35.5. The van der Waals surface area contributed by atoms with Crippen LogP contribution in [-0.4, -0.2) is 22.0 Å². The third-order valence-electron chi connectivity index (χ3n) is 4.69. The molecule has 0 radical (unpaired) electrons. The van der Waals surface area contributed by atoms with Gasteiger partial charge >= 0.3 is 0 Å². The molecule has 1 amide bonds. The van der Waals surface area contributed by atoms with Crippen molar-refractivity contribution in [3.8, 4) is 0 Å². The Labute approximate surface area is 122 Å². The van der Waals surface area contributed by atoms with Crippen LogP contribution in [0, 0.1) is 0 Å². The maximum atomic E-state index is 12.2. The largest absolute Gasteiger partial charge is 0.348 e. The van der Waals surface area contributed by atoms with Crippen LogP contribution in [0.5, 0.6) is 0 Å². The van der Waals surface area contributed by atoms with Crippen LogP contribution in [0.1, 0.15) is 42.6 Å². The number of nitrogens with zero attached hydrogens (tertiary/aromatic N) is 2. The average molecular weight is 290 g/mol. The zero-order valence-electron chi connectivity index (χ0n) is 11.2. The van der Waals surface area contributed by atoms with Crippen molar-refractivity contribution in [1.29, 1.82) is 0 Å². The molecule has 1 aliphatic heterocycles. The van der Waals surface area contributed by atoms with Gasteiger partial charge in [-0.2, -0.15) is 0 Å². The van der Waals surface area contributed by atoms with Crippen LogP contribution in [-0.2, 0) is 5.54 Å². The van der Waals surface area contributed by atoms with Crippen LogP contribution >= 0.6 is 11.6 Å². The Morgan fingerprint density at radius 2 is 2.05 bits per heavy atom. The van der Waals surface area contributed by atoms with Crippen molar-refractivity contribution in [1.82, 2.24) is 14.9 Å². The molecule has 1 aliphatic carbocycles. The summed E-state index contributed by atoms with van der Waals surface area (Å²) in [4.78, 5) is 16.7. The lowest BCUT2D eigenvalue weighted by Crippen LogP contribution is -2.52.